The monoisotopic (exact) mass is 421 g/mol. The first-order chi connectivity index (χ1) is 14.6. The van der Waals surface area contributed by atoms with Crippen molar-refractivity contribution in [2.75, 3.05) is 19.1 Å². The topological polar surface area (TPSA) is 69.0 Å². The molecule has 7 heteroatoms. The van der Waals surface area contributed by atoms with E-state index in [1.807, 2.05) is 53.7 Å². The summed E-state index contributed by atoms with van der Waals surface area (Å²) in [6, 6.07) is 17.8. The summed E-state index contributed by atoms with van der Waals surface area (Å²) in [5.74, 6) is -0.0614. The quantitative estimate of drug-likeness (QED) is 0.323. The van der Waals surface area contributed by atoms with Crippen LogP contribution in [0.2, 0.25) is 0 Å². The van der Waals surface area contributed by atoms with Crippen molar-refractivity contribution in [2.24, 2.45) is 0 Å². The maximum Gasteiger partial charge on any atom is 0.342 e. The first-order valence-electron chi connectivity index (χ1n) is 9.21. The molecule has 0 saturated carbocycles. The van der Waals surface area contributed by atoms with E-state index in [9.17, 15) is 9.59 Å². The second kappa shape index (κ2) is 8.42. The van der Waals surface area contributed by atoms with E-state index < -0.39 is 11.6 Å². The van der Waals surface area contributed by atoms with Crippen LogP contribution in [0.1, 0.15) is 15.2 Å². The molecule has 0 saturated heterocycles. The average Bonchev–Trinajstić information content (AvgIpc) is 3.29. The summed E-state index contributed by atoms with van der Waals surface area (Å²) in [7, 11) is 3.33. The van der Waals surface area contributed by atoms with Crippen LogP contribution < -0.4 is 15.3 Å². The summed E-state index contributed by atoms with van der Waals surface area (Å²) in [5.41, 5.74) is 1.74. The minimum Gasteiger partial charge on any atom is -0.496 e. The van der Waals surface area contributed by atoms with Gasteiger partial charge in [-0.3, -0.25) is 0 Å². The highest BCUT2D eigenvalue weighted by Crippen LogP contribution is 2.33. The summed E-state index contributed by atoms with van der Waals surface area (Å²) < 4.78 is 16.1. The third-order valence-electron chi connectivity index (χ3n) is 4.71. The number of methoxy groups -OCH3 is 1. The molecule has 0 radical (unpaired) electrons. The highest BCUT2D eigenvalue weighted by Gasteiger charge is 2.18. The molecular weight excluding hydrogens is 402 g/mol. The number of nitrogens with zero attached hydrogens (tertiary/aromatic N) is 1. The van der Waals surface area contributed by atoms with Crippen LogP contribution >= 0.6 is 11.3 Å². The van der Waals surface area contributed by atoms with Crippen molar-refractivity contribution in [3.8, 4) is 5.75 Å². The molecule has 0 N–H and O–H groups in total. The lowest BCUT2D eigenvalue weighted by molar-refractivity contribution is 0.0473. The fourth-order valence-electron chi connectivity index (χ4n) is 3.18. The fourth-order valence-corrected chi connectivity index (χ4v) is 3.80. The van der Waals surface area contributed by atoms with Crippen molar-refractivity contribution in [1.82, 2.24) is 0 Å². The van der Waals surface area contributed by atoms with Crippen LogP contribution in [0.3, 0.4) is 0 Å². The Morgan fingerprint density at radius 3 is 2.70 bits per heavy atom. The highest BCUT2D eigenvalue weighted by molar-refractivity contribution is 7.09. The van der Waals surface area contributed by atoms with Crippen LogP contribution in [-0.2, 0) is 11.3 Å². The van der Waals surface area contributed by atoms with E-state index in [2.05, 4.69) is 0 Å². The lowest BCUT2D eigenvalue weighted by Gasteiger charge is -2.22. The molecule has 4 aromatic rings. The largest absolute Gasteiger partial charge is 0.496 e. The Balaban J connectivity index is 1.69. The van der Waals surface area contributed by atoms with Gasteiger partial charge in [-0.2, -0.15) is 0 Å². The molecule has 2 heterocycles. The Morgan fingerprint density at radius 2 is 1.93 bits per heavy atom. The minimum atomic E-state index is -0.479. The van der Waals surface area contributed by atoms with E-state index in [1.54, 1.807) is 18.2 Å². The number of carbonyl (C=O) groups is 1. The molecule has 0 unspecified atom stereocenters. The standard InChI is InChI=1S/C23H19NO5S/c1-24(19-13-22(25)29-21-8-4-3-7-17(19)21)15-9-10-20(27-2)18(12-15)23(26)28-14-16-6-5-11-30-16/h3-13H,14H2,1-2H3. The van der Waals surface area contributed by atoms with E-state index in [0.717, 1.165) is 10.3 Å². The van der Waals surface area contributed by atoms with E-state index in [4.69, 9.17) is 13.9 Å². The molecule has 0 atom stereocenters. The van der Waals surface area contributed by atoms with Crippen LogP contribution in [0.4, 0.5) is 11.4 Å². The number of thiophene rings is 1. The number of esters is 1. The van der Waals surface area contributed by atoms with Gasteiger partial charge in [-0.1, -0.05) is 18.2 Å². The van der Waals surface area contributed by atoms with Crippen LogP contribution in [-0.4, -0.2) is 20.1 Å². The van der Waals surface area contributed by atoms with Gasteiger partial charge in [0.15, 0.2) is 0 Å². The van der Waals surface area contributed by atoms with Gasteiger partial charge in [0, 0.05) is 29.1 Å². The maximum atomic E-state index is 12.7. The highest BCUT2D eigenvalue weighted by atomic mass is 32.1. The van der Waals surface area contributed by atoms with Gasteiger partial charge in [0.05, 0.1) is 12.8 Å². The van der Waals surface area contributed by atoms with Gasteiger partial charge in [0.2, 0.25) is 0 Å². The van der Waals surface area contributed by atoms with Gasteiger partial charge in [0.1, 0.15) is 23.5 Å². The number of fused-ring (bicyclic) bond motifs is 1. The van der Waals surface area contributed by atoms with Crippen molar-refractivity contribution >= 4 is 39.7 Å². The minimum absolute atomic E-state index is 0.199. The predicted octanol–water partition coefficient (Wildman–Crippen LogP) is 4.99. The Hall–Kier alpha value is -3.58. The van der Waals surface area contributed by atoms with Crippen LogP contribution in [0.5, 0.6) is 5.75 Å². The molecule has 0 spiro atoms. The zero-order valence-corrected chi connectivity index (χ0v) is 17.3. The number of para-hydroxylation sites is 1. The Bertz CT molecular complexity index is 1250. The van der Waals surface area contributed by atoms with Crippen molar-refractivity contribution in [3.05, 3.63) is 86.9 Å². The van der Waals surface area contributed by atoms with E-state index in [1.165, 1.54) is 24.5 Å². The lowest BCUT2D eigenvalue weighted by Crippen LogP contribution is -2.14. The molecular formula is C23H19NO5S. The van der Waals surface area contributed by atoms with Gasteiger partial charge in [0.25, 0.3) is 0 Å². The van der Waals surface area contributed by atoms with Crippen LogP contribution in [0.15, 0.2) is 75.3 Å². The van der Waals surface area contributed by atoms with Crippen LogP contribution in [0.25, 0.3) is 11.0 Å². The molecule has 4 rings (SSSR count). The zero-order valence-electron chi connectivity index (χ0n) is 16.5. The zero-order chi connectivity index (χ0) is 21.1. The van der Waals surface area contributed by atoms with E-state index in [-0.39, 0.29) is 6.61 Å². The summed E-state index contributed by atoms with van der Waals surface area (Å²) >= 11 is 1.52. The third kappa shape index (κ3) is 3.92. The molecule has 152 valence electrons. The lowest BCUT2D eigenvalue weighted by atomic mass is 10.1. The van der Waals surface area contributed by atoms with Crippen molar-refractivity contribution in [2.45, 2.75) is 6.61 Å². The van der Waals surface area contributed by atoms with Crippen molar-refractivity contribution < 1.29 is 18.7 Å². The van der Waals surface area contributed by atoms with Crippen LogP contribution in [0, 0.1) is 0 Å². The van der Waals surface area contributed by atoms with Gasteiger partial charge < -0.3 is 18.8 Å². The number of ether oxygens (including phenoxy) is 2. The first kappa shape index (κ1) is 19.7. The summed E-state index contributed by atoms with van der Waals surface area (Å²) in [6.07, 6.45) is 0. The van der Waals surface area contributed by atoms with E-state index >= 15 is 0 Å². The van der Waals surface area contributed by atoms with Crippen molar-refractivity contribution in [3.63, 3.8) is 0 Å². The molecule has 2 aromatic heterocycles. The third-order valence-corrected chi connectivity index (χ3v) is 5.56. The first-order valence-corrected chi connectivity index (χ1v) is 10.1. The molecule has 0 aliphatic carbocycles. The van der Waals surface area contributed by atoms with Gasteiger partial charge in [-0.05, 0) is 41.8 Å². The van der Waals surface area contributed by atoms with Gasteiger partial charge >= 0.3 is 11.6 Å². The van der Waals surface area contributed by atoms with Gasteiger partial charge in [-0.25, -0.2) is 9.59 Å². The normalized spacial score (nSPS) is 10.7. The summed E-state index contributed by atoms with van der Waals surface area (Å²) in [4.78, 5) is 27.5. The summed E-state index contributed by atoms with van der Waals surface area (Å²) in [6.45, 7) is 0.199. The van der Waals surface area contributed by atoms with Gasteiger partial charge in [-0.15, -0.1) is 11.3 Å². The number of anilines is 2. The molecule has 0 bridgehead atoms. The maximum absolute atomic E-state index is 12.7. The van der Waals surface area contributed by atoms with Crippen molar-refractivity contribution in [1.29, 1.82) is 0 Å². The number of hydrogen-bond acceptors (Lipinski definition) is 7. The fraction of sp³-hybridized carbons (Fsp3) is 0.130. The molecule has 6 nitrogen and oxygen atoms in total. The molecule has 0 amide bonds. The molecule has 30 heavy (non-hydrogen) atoms. The molecule has 2 aromatic carbocycles. The molecule has 0 fully saturated rings. The Morgan fingerprint density at radius 1 is 1.10 bits per heavy atom. The number of hydrogen-bond donors (Lipinski definition) is 0. The second-order valence-electron chi connectivity index (χ2n) is 6.55. The van der Waals surface area contributed by atoms with E-state index in [0.29, 0.717) is 28.3 Å². The SMILES string of the molecule is COc1ccc(N(C)c2cc(=O)oc3ccccc23)cc1C(=O)OCc1cccs1. The average molecular weight is 421 g/mol. The number of benzene rings is 2. The second-order valence-corrected chi connectivity index (χ2v) is 7.58. The molecule has 0 aliphatic heterocycles. The smallest absolute Gasteiger partial charge is 0.342 e. The Kier molecular flexibility index (Phi) is 5.54. The Labute approximate surface area is 176 Å². The number of rotatable bonds is 6. The summed E-state index contributed by atoms with van der Waals surface area (Å²) in [5, 5.41) is 2.72. The predicted molar refractivity (Wildman–Crippen MR) is 117 cm³/mol. The number of carbonyl (C=O) groups excluding carboxylic acids is 1. The molecule has 0 aliphatic rings.